The molecule has 0 radical (unpaired) electrons. The van der Waals surface area contributed by atoms with Crippen molar-refractivity contribution >= 4 is 23.1 Å². The summed E-state index contributed by atoms with van der Waals surface area (Å²) in [7, 11) is 1.43. The van der Waals surface area contributed by atoms with Crippen LogP contribution in [0, 0.1) is 0 Å². The number of carbonyl (C=O) groups excluding carboxylic acids is 1. The van der Waals surface area contributed by atoms with E-state index in [2.05, 4.69) is 4.74 Å². The zero-order valence-electron chi connectivity index (χ0n) is 6.71. The van der Waals surface area contributed by atoms with Gasteiger partial charge in [-0.2, -0.15) is 0 Å². The van der Waals surface area contributed by atoms with Gasteiger partial charge in [0.1, 0.15) is 0 Å². The molecule has 4 heteroatoms. The fourth-order valence-electron chi connectivity index (χ4n) is 1.21. The molecule has 66 valence electrons. The Labute approximate surface area is 77.5 Å². The van der Waals surface area contributed by atoms with Crippen LogP contribution in [0.25, 0.3) is 0 Å². The molecule has 0 N–H and O–H groups in total. The van der Waals surface area contributed by atoms with Crippen molar-refractivity contribution in [1.82, 2.24) is 4.90 Å². The maximum Gasteiger partial charge on any atom is 0.409 e. The molecule has 1 rings (SSSR count). The number of amides is 1. The van der Waals surface area contributed by atoms with Gasteiger partial charge >= 0.3 is 6.09 Å². The number of piperidine rings is 1. The molecule has 1 heterocycles. The Kier molecular flexibility index (Phi) is 5.28. The molecule has 0 spiro atoms. The molecule has 0 saturated carbocycles. The number of likely N-dealkylation sites (tertiary alicyclic amines) is 1. The number of ether oxygens (including phenoxy) is 1. The molecule has 1 fully saturated rings. The van der Waals surface area contributed by atoms with E-state index >= 15 is 0 Å². The minimum atomic E-state index is -0.181. The summed E-state index contributed by atoms with van der Waals surface area (Å²) in [5.41, 5.74) is 0. The maximum absolute atomic E-state index is 10.9. The van der Waals surface area contributed by atoms with E-state index in [1.54, 1.807) is 4.90 Å². The van der Waals surface area contributed by atoms with E-state index in [0.29, 0.717) is 0 Å². The number of methoxy groups -OCH3 is 1. The SMILES string of the molecule is Br.COC(=O)N1CCCCC1. The Morgan fingerprint density at radius 3 is 2.27 bits per heavy atom. The Bertz CT molecular complexity index is 124. The van der Waals surface area contributed by atoms with Crippen molar-refractivity contribution in [1.29, 1.82) is 0 Å². The molecule has 0 aromatic carbocycles. The third-order valence-electron chi connectivity index (χ3n) is 1.79. The van der Waals surface area contributed by atoms with Gasteiger partial charge in [-0.05, 0) is 19.3 Å². The van der Waals surface area contributed by atoms with Gasteiger partial charge in [0.05, 0.1) is 7.11 Å². The lowest BCUT2D eigenvalue weighted by Gasteiger charge is -2.24. The molecule has 0 aromatic heterocycles. The molecule has 0 atom stereocenters. The first-order chi connectivity index (χ1) is 4.84. The number of nitrogens with zero attached hydrogens (tertiary/aromatic N) is 1. The third kappa shape index (κ3) is 3.10. The van der Waals surface area contributed by atoms with Gasteiger partial charge in [0.15, 0.2) is 0 Å². The van der Waals surface area contributed by atoms with Crippen molar-refractivity contribution in [2.45, 2.75) is 19.3 Å². The second-order valence-corrected chi connectivity index (χ2v) is 2.52. The van der Waals surface area contributed by atoms with Gasteiger partial charge in [0.25, 0.3) is 0 Å². The lowest BCUT2D eigenvalue weighted by Crippen LogP contribution is -2.35. The molecule has 0 bridgehead atoms. The van der Waals surface area contributed by atoms with Gasteiger partial charge in [-0.1, -0.05) is 0 Å². The summed E-state index contributed by atoms with van der Waals surface area (Å²) in [5, 5.41) is 0. The number of rotatable bonds is 0. The van der Waals surface area contributed by atoms with Crippen molar-refractivity contribution in [3.8, 4) is 0 Å². The second kappa shape index (κ2) is 5.41. The Morgan fingerprint density at radius 1 is 1.27 bits per heavy atom. The highest BCUT2D eigenvalue weighted by atomic mass is 79.9. The quantitative estimate of drug-likeness (QED) is 0.628. The smallest absolute Gasteiger partial charge is 0.409 e. The molecular formula is C7H14BrNO2. The summed E-state index contributed by atoms with van der Waals surface area (Å²) in [6, 6.07) is 0. The number of hydrogen-bond donors (Lipinski definition) is 0. The minimum absolute atomic E-state index is 0. The van der Waals surface area contributed by atoms with E-state index in [1.165, 1.54) is 13.5 Å². The molecular weight excluding hydrogens is 210 g/mol. The standard InChI is InChI=1S/C7H13NO2.BrH/c1-10-7(9)8-5-3-2-4-6-8;/h2-6H2,1H3;1H. The average molecular weight is 224 g/mol. The van der Waals surface area contributed by atoms with Crippen LogP contribution in [-0.2, 0) is 4.74 Å². The van der Waals surface area contributed by atoms with Gasteiger partial charge in [0.2, 0.25) is 0 Å². The maximum atomic E-state index is 10.9. The van der Waals surface area contributed by atoms with Crippen LogP contribution in [0.5, 0.6) is 0 Å². The minimum Gasteiger partial charge on any atom is -0.453 e. The lowest BCUT2D eigenvalue weighted by atomic mass is 10.1. The van der Waals surface area contributed by atoms with Crippen LogP contribution in [0.15, 0.2) is 0 Å². The fourth-order valence-corrected chi connectivity index (χ4v) is 1.21. The monoisotopic (exact) mass is 223 g/mol. The predicted octanol–water partition coefficient (Wildman–Crippen LogP) is 1.82. The molecule has 0 aliphatic carbocycles. The zero-order chi connectivity index (χ0) is 7.40. The molecule has 1 saturated heterocycles. The van der Waals surface area contributed by atoms with Crippen molar-refractivity contribution in [3.05, 3.63) is 0 Å². The number of halogens is 1. The highest BCUT2D eigenvalue weighted by Gasteiger charge is 2.15. The first-order valence-electron chi connectivity index (χ1n) is 3.67. The Balaban J connectivity index is 0.000001000. The van der Waals surface area contributed by atoms with Crippen LogP contribution in [0.4, 0.5) is 4.79 Å². The van der Waals surface area contributed by atoms with E-state index < -0.39 is 0 Å². The van der Waals surface area contributed by atoms with Crippen molar-refractivity contribution in [3.63, 3.8) is 0 Å². The fraction of sp³-hybridized carbons (Fsp3) is 0.857. The largest absolute Gasteiger partial charge is 0.453 e. The summed E-state index contributed by atoms with van der Waals surface area (Å²) < 4.78 is 4.58. The summed E-state index contributed by atoms with van der Waals surface area (Å²) in [6.45, 7) is 1.74. The Hall–Kier alpha value is -0.250. The molecule has 1 amide bonds. The molecule has 1 aliphatic rings. The van der Waals surface area contributed by atoms with Crippen LogP contribution < -0.4 is 0 Å². The molecule has 3 nitrogen and oxygen atoms in total. The van der Waals surface area contributed by atoms with Crippen LogP contribution in [0.1, 0.15) is 19.3 Å². The van der Waals surface area contributed by atoms with E-state index in [0.717, 1.165) is 25.9 Å². The summed E-state index contributed by atoms with van der Waals surface area (Å²) in [5.74, 6) is 0. The average Bonchev–Trinajstić information content (AvgIpc) is 2.05. The first kappa shape index (κ1) is 10.8. The first-order valence-corrected chi connectivity index (χ1v) is 3.67. The normalized spacial score (nSPS) is 17.0. The van der Waals surface area contributed by atoms with Crippen molar-refractivity contribution in [2.75, 3.05) is 20.2 Å². The molecule has 0 unspecified atom stereocenters. The molecule has 1 aliphatic heterocycles. The van der Waals surface area contributed by atoms with E-state index in [9.17, 15) is 4.79 Å². The van der Waals surface area contributed by atoms with Crippen LogP contribution in [0.3, 0.4) is 0 Å². The van der Waals surface area contributed by atoms with E-state index in [4.69, 9.17) is 0 Å². The highest BCUT2D eigenvalue weighted by Crippen LogP contribution is 2.08. The second-order valence-electron chi connectivity index (χ2n) is 2.52. The van der Waals surface area contributed by atoms with Gasteiger partial charge in [-0.15, -0.1) is 17.0 Å². The van der Waals surface area contributed by atoms with Crippen LogP contribution >= 0.6 is 17.0 Å². The van der Waals surface area contributed by atoms with Crippen molar-refractivity contribution < 1.29 is 9.53 Å². The predicted molar refractivity (Wildman–Crippen MR) is 48.2 cm³/mol. The summed E-state index contributed by atoms with van der Waals surface area (Å²) in [4.78, 5) is 12.6. The summed E-state index contributed by atoms with van der Waals surface area (Å²) in [6.07, 6.45) is 3.30. The van der Waals surface area contributed by atoms with Crippen molar-refractivity contribution in [2.24, 2.45) is 0 Å². The lowest BCUT2D eigenvalue weighted by molar-refractivity contribution is 0.115. The Morgan fingerprint density at radius 2 is 1.82 bits per heavy atom. The van der Waals surface area contributed by atoms with Gasteiger partial charge < -0.3 is 9.64 Å². The van der Waals surface area contributed by atoms with Crippen LogP contribution in [0.2, 0.25) is 0 Å². The third-order valence-corrected chi connectivity index (χ3v) is 1.79. The number of hydrogen-bond acceptors (Lipinski definition) is 2. The zero-order valence-corrected chi connectivity index (χ0v) is 8.42. The van der Waals surface area contributed by atoms with Crippen LogP contribution in [-0.4, -0.2) is 31.2 Å². The van der Waals surface area contributed by atoms with Gasteiger partial charge in [-0.3, -0.25) is 0 Å². The molecule has 11 heavy (non-hydrogen) atoms. The van der Waals surface area contributed by atoms with Gasteiger partial charge in [-0.25, -0.2) is 4.79 Å². The van der Waals surface area contributed by atoms with Gasteiger partial charge in [0, 0.05) is 13.1 Å². The summed E-state index contributed by atoms with van der Waals surface area (Å²) >= 11 is 0. The topological polar surface area (TPSA) is 29.5 Å². The number of carbonyl (C=O) groups is 1. The van der Waals surface area contributed by atoms with E-state index in [-0.39, 0.29) is 23.1 Å². The van der Waals surface area contributed by atoms with E-state index in [1.807, 2.05) is 0 Å². The molecule has 0 aromatic rings. The highest BCUT2D eigenvalue weighted by molar-refractivity contribution is 8.93.